The number of anilines is 1. The van der Waals surface area contributed by atoms with Crippen molar-refractivity contribution in [3.63, 3.8) is 0 Å². The number of thiazole rings is 1. The van der Waals surface area contributed by atoms with Gasteiger partial charge in [-0.05, 0) is 16.7 Å². The van der Waals surface area contributed by atoms with E-state index >= 15 is 0 Å². The third-order valence-electron chi connectivity index (χ3n) is 6.13. The van der Waals surface area contributed by atoms with Crippen LogP contribution in [-0.2, 0) is 20.0 Å². The van der Waals surface area contributed by atoms with Crippen LogP contribution in [0.15, 0.2) is 102 Å². The van der Waals surface area contributed by atoms with Crippen LogP contribution < -0.4 is 10.6 Å². The van der Waals surface area contributed by atoms with E-state index in [0.29, 0.717) is 18.1 Å². The number of carbonyl (C=O) groups excluding carboxylic acids is 1. The van der Waals surface area contributed by atoms with Gasteiger partial charge in [-0.15, -0.1) is 11.3 Å². The highest BCUT2D eigenvalue weighted by Gasteiger charge is 2.37. The average molecular weight is 513 g/mol. The minimum Gasteiger partial charge on any atom is -0.476 e. The third-order valence-corrected chi connectivity index (χ3v) is 6.89. The van der Waals surface area contributed by atoms with Gasteiger partial charge in [0.2, 0.25) is 11.8 Å². The van der Waals surface area contributed by atoms with Gasteiger partial charge in [0.15, 0.2) is 5.13 Å². The minimum atomic E-state index is -1.30. The molecule has 5 rings (SSSR count). The van der Waals surface area contributed by atoms with E-state index in [1.165, 1.54) is 11.3 Å². The van der Waals surface area contributed by atoms with Crippen LogP contribution in [0.25, 0.3) is 0 Å². The minimum absolute atomic E-state index is 0.140. The quantitative estimate of drug-likeness (QED) is 0.176. The Balaban J connectivity index is 1.57. The summed E-state index contributed by atoms with van der Waals surface area (Å²) in [5, 5.41) is 21.9. The monoisotopic (exact) mass is 512 g/mol. The number of carbonyl (C=O) groups is 2. The highest BCUT2D eigenvalue weighted by molar-refractivity contribution is 7.14. The molecule has 1 amide bonds. The van der Waals surface area contributed by atoms with Crippen molar-refractivity contribution in [2.45, 2.75) is 18.1 Å². The van der Waals surface area contributed by atoms with E-state index in [1.807, 2.05) is 91.0 Å². The molecule has 1 atom stereocenters. The standard InChI is InChI=1S/C28H24N4O4S/c33-25-23(16-17-29-25)36-32-24(26(34)35)22-18-37-27(30-22)31-28(19-10-4-1-5-11-19,20-12-6-2-7-13-20)21-14-8-3-9-15-21/h1-15,18,23H,16-17H2,(H,29,33)(H,30,31)(H,34,35)/b32-24-. The molecule has 4 aromatic rings. The van der Waals surface area contributed by atoms with Gasteiger partial charge in [0.1, 0.15) is 11.2 Å². The Morgan fingerprint density at radius 2 is 1.51 bits per heavy atom. The number of amides is 1. The predicted octanol–water partition coefficient (Wildman–Crippen LogP) is 4.24. The topological polar surface area (TPSA) is 113 Å². The van der Waals surface area contributed by atoms with Crippen LogP contribution in [0.5, 0.6) is 0 Å². The smallest absolute Gasteiger partial charge is 0.360 e. The Bertz CT molecular complexity index is 1310. The summed E-state index contributed by atoms with van der Waals surface area (Å²) >= 11 is 1.26. The molecule has 1 saturated heterocycles. The molecule has 1 aliphatic heterocycles. The molecule has 2 heterocycles. The SMILES string of the molecule is O=C(O)/C(=N\OC1CCNC1=O)c1csc(NC(c2ccccc2)(c2ccccc2)c2ccccc2)n1. The molecule has 1 aliphatic rings. The van der Waals surface area contributed by atoms with Crippen molar-refractivity contribution in [2.75, 3.05) is 11.9 Å². The molecule has 0 spiro atoms. The molecular formula is C28H24N4O4S. The second kappa shape index (κ2) is 10.6. The van der Waals surface area contributed by atoms with E-state index < -0.39 is 17.6 Å². The van der Waals surface area contributed by atoms with E-state index in [2.05, 4.69) is 20.8 Å². The molecule has 0 saturated carbocycles. The number of hydrogen-bond acceptors (Lipinski definition) is 7. The van der Waals surface area contributed by atoms with Gasteiger partial charge >= 0.3 is 5.97 Å². The number of carboxylic acids is 1. The number of carboxylic acid groups (broad SMARTS) is 1. The number of benzene rings is 3. The van der Waals surface area contributed by atoms with Crippen molar-refractivity contribution < 1.29 is 19.5 Å². The Morgan fingerprint density at radius 3 is 1.97 bits per heavy atom. The first-order valence-corrected chi connectivity index (χ1v) is 12.6. The molecule has 0 aliphatic carbocycles. The first-order chi connectivity index (χ1) is 18.1. The Labute approximate surface area is 217 Å². The van der Waals surface area contributed by atoms with Gasteiger partial charge in [0, 0.05) is 18.3 Å². The van der Waals surface area contributed by atoms with E-state index in [9.17, 15) is 14.7 Å². The van der Waals surface area contributed by atoms with Gasteiger partial charge in [0.25, 0.3) is 5.91 Å². The maximum Gasteiger partial charge on any atom is 0.360 e. The summed E-state index contributed by atoms with van der Waals surface area (Å²) in [5.41, 5.74) is 1.94. The van der Waals surface area contributed by atoms with Gasteiger partial charge in [-0.25, -0.2) is 9.78 Å². The summed E-state index contributed by atoms with van der Waals surface area (Å²) in [4.78, 5) is 33.6. The summed E-state index contributed by atoms with van der Waals surface area (Å²) in [6.07, 6.45) is -0.389. The molecule has 0 bridgehead atoms. The molecule has 0 radical (unpaired) electrons. The van der Waals surface area contributed by atoms with Gasteiger partial charge in [-0.1, -0.05) is 96.2 Å². The zero-order chi connectivity index (χ0) is 25.7. The number of rotatable bonds is 9. The van der Waals surface area contributed by atoms with Crippen molar-refractivity contribution in [2.24, 2.45) is 5.16 Å². The maximum atomic E-state index is 12.0. The Morgan fingerprint density at radius 1 is 0.973 bits per heavy atom. The van der Waals surface area contributed by atoms with Crippen molar-refractivity contribution in [3.8, 4) is 0 Å². The lowest BCUT2D eigenvalue weighted by Crippen LogP contribution is -2.38. The van der Waals surface area contributed by atoms with Gasteiger partial charge < -0.3 is 20.6 Å². The maximum absolute atomic E-state index is 12.0. The van der Waals surface area contributed by atoms with Gasteiger partial charge in [-0.3, -0.25) is 4.79 Å². The summed E-state index contributed by atoms with van der Waals surface area (Å²) in [6, 6.07) is 30.1. The molecule has 9 heteroatoms. The van der Waals surface area contributed by atoms with Crippen LogP contribution in [0.1, 0.15) is 28.8 Å². The van der Waals surface area contributed by atoms with Crippen LogP contribution in [0, 0.1) is 0 Å². The summed E-state index contributed by atoms with van der Waals surface area (Å²) < 4.78 is 0. The molecule has 37 heavy (non-hydrogen) atoms. The molecule has 1 unspecified atom stereocenters. The number of hydrogen-bond donors (Lipinski definition) is 3. The third kappa shape index (κ3) is 4.94. The molecule has 1 fully saturated rings. The van der Waals surface area contributed by atoms with Gasteiger partial charge in [0.05, 0.1) is 0 Å². The molecule has 3 aromatic carbocycles. The second-order valence-corrected chi connectivity index (χ2v) is 9.29. The highest BCUT2D eigenvalue weighted by Crippen LogP contribution is 2.40. The van der Waals surface area contributed by atoms with Crippen molar-refractivity contribution in [1.82, 2.24) is 10.3 Å². The number of aromatic nitrogens is 1. The lowest BCUT2D eigenvalue weighted by Gasteiger charge is -2.36. The van der Waals surface area contributed by atoms with Crippen LogP contribution in [0.4, 0.5) is 5.13 Å². The van der Waals surface area contributed by atoms with Crippen LogP contribution in [0.2, 0.25) is 0 Å². The molecular weight excluding hydrogens is 488 g/mol. The summed E-state index contributed by atoms with van der Waals surface area (Å²) in [5.74, 6) is -1.61. The first-order valence-electron chi connectivity index (χ1n) is 11.7. The van der Waals surface area contributed by atoms with E-state index in [4.69, 9.17) is 4.84 Å². The van der Waals surface area contributed by atoms with Crippen LogP contribution >= 0.6 is 11.3 Å². The Kier molecular flexibility index (Phi) is 6.96. The van der Waals surface area contributed by atoms with Crippen molar-refractivity contribution >= 4 is 34.1 Å². The fourth-order valence-corrected chi connectivity index (χ4v) is 5.12. The fraction of sp³-hybridized carbons (Fsp3) is 0.143. The normalized spacial score (nSPS) is 15.7. The number of nitrogens with zero attached hydrogens (tertiary/aromatic N) is 2. The second-order valence-electron chi connectivity index (χ2n) is 8.43. The number of aliphatic carboxylic acids is 1. The fourth-order valence-electron chi connectivity index (χ4n) is 4.36. The summed E-state index contributed by atoms with van der Waals surface area (Å²) in [7, 11) is 0. The molecule has 186 valence electrons. The molecule has 3 N–H and O–H groups in total. The molecule has 1 aromatic heterocycles. The summed E-state index contributed by atoms with van der Waals surface area (Å²) in [6.45, 7) is 0.465. The average Bonchev–Trinajstić information content (AvgIpc) is 3.57. The first kappa shape index (κ1) is 24.2. The van der Waals surface area contributed by atoms with Crippen molar-refractivity contribution in [1.29, 1.82) is 0 Å². The van der Waals surface area contributed by atoms with Crippen LogP contribution in [0.3, 0.4) is 0 Å². The number of oxime groups is 1. The number of nitrogens with one attached hydrogen (secondary N) is 2. The van der Waals surface area contributed by atoms with E-state index in [-0.39, 0.29) is 17.3 Å². The predicted molar refractivity (Wildman–Crippen MR) is 142 cm³/mol. The zero-order valence-electron chi connectivity index (χ0n) is 19.7. The van der Waals surface area contributed by atoms with Crippen molar-refractivity contribution in [3.05, 3.63) is 119 Å². The largest absolute Gasteiger partial charge is 0.476 e. The van der Waals surface area contributed by atoms with E-state index in [0.717, 1.165) is 16.7 Å². The lowest BCUT2D eigenvalue weighted by molar-refractivity contribution is -0.131. The van der Waals surface area contributed by atoms with E-state index in [1.54, 1.807) is 5.38 Å². The lowest BCUT2D eigenvalue weighted by atomic mass is 9.77. The van der Waals surface area contributed by atoms with Gasteiger partial charge in [-0.2, -0.15) is 0 Å². The highest BCUT2D eigenvalue weighted by atomic mass is 32.1. The van der Waals surface area contributed by atoms with Crippen LogP contribution in [-0.4, -0.2) is 40.3 Å². The Hall–Kier alpha value is -4.50. The zero-order valence-corrected chi connectivity index (χ0v) is 20.5. The molecule has 8 nitrogen and oxygen atoms in total.